The maximum absolute atomic E-state index is 11.6. The smallest absolute Gasteiger partial charge is 0.220 e. The number of carbonyl (C=O) groups excluding carboxylic acids is 2. The summed E-state index contributed by atoms with van der Waals surface area (Å²) < 4.78 is 0. The van der Waals surface area contributed by atoms with E-state index in [0.29, 0.717) is 12.5 Å². The molecule has 0 aliphatic rings. The van der Waals surface area contributed by atoms with Gasteiger partial charge in [-0.05, 0) is 12.3 Å². The Labute approximate surface area is 117 Å². The highest BCUT2D eigenvalue weighted by atomic mass is 16.2. The van der Waals surface area contributed by atoms with Crippen LogP contribution in [0.2, 0.25) is 0 Å². The van der Waals surface area contributed by atoms with Gasteiger partial charge < -0.3 is 10.6 Å². The Kier molecular flexibility index (Phi) is 10.9. The van der Waals surface area contributed by atoms with Gasteiger partial charge in [-0.1, -0.05) is 39.2 Å². The first-order valence-corrected chi connectivity index (χ1v) is 7.28. The van der Waals surface area contributed by atoms with Crippen LogP contribution in [-0.4, -0.2) is 24.9 Å². The van der Waals surface area contributed by atoms with E-state index in [2.05, 4.69) is 31.1 Å². The summed E-state index contributed by atoms with van der Waals surface area (Å²) in [6.07, 6.45) is 6.76. The van der Waals surface area contributed by atoms with Crippen LogP contribution in [0.25, 0.3) is 0 Å². The fraction of sp³-hybridized carbons (Fsp3) is 0.733. The van der Waals surface area contributed by atoms with Gasteiger partial charge in [-0.3, -0.25) is 9.59 Å². The van der Waals surface area contributed by atoms with E-state index in [4.69, 9.17) is 0 Å². The molecule has 0 aliphatic heterocycles. The van der Waals surface area contributed by atoms with Gasteiger partial charge in [-0.25, -0.2) is 0 Å². The lowest BCUT2D eigenvalue weighted by molar-refractivity contribution is -0.126. The van der Waals surface area contributed by atoms with E-state index >= 15 is 0 Å². The molecule has 1 atom stereocenters. The van der Waals surface area contributed by atoms with Crippen molar-refractivity contribution in [2.75, 3.05) is 13.1 Å². The van der Waals surface area contributed by atoms with Crippen LogP contribution >= 0.6 is 0 Å². The summed E-state index contributed by atoms with van der Waals surface area (Å²) in [5.74, 6) is 0.412. The number of carbonyl (C=O) groups is 2. The second-order valence-electron chi connectivity index (χ2n) is 4.81. The Bertz CT molecular complexity index is 277. The van der Waals surface area contributed by atoms with Crippen molar-refractivity contribution < 1.29 is 9.59 Å². The fourth-order valence-electron chi connectivity index (χ4n) is 1.79. The predicted molar refractivity (Wildman–Crippen MR) is 78.8 cm³/mol. The molecule has 0 bridgehead atoms. The van der Waals surface area contributed by atoms with Crippen LogP contribution in [0, 0.1) is 5.92 Å². The third-order valence-corrected chi connectivity index (χ3v) is 3.15. The average molecular weight is 268 g/mol. The van der Waals surface area contributed by atoms with Gasteiger partial charge in [0.1, 0.15) is 0 Å². The molecule has 0 heterocycles. The van der Waals surface area contributed by atoms with Crippen molar-refractivity contribution in [3.8, 4) is 0 Å². The second kappa shape index (κ2) is 11.8. The molecule has 0 radical (unpaired) electrons. The highest BCUT2D eigenvalue weighted by Crippen LogP contribution is 2.11. The molecule has 4 nitrogen and oxygen atoms in total. The van der Waals surface area contributed by atoms with Gasteiger partial charge in [0.15, 0.2) is 0 Å². The largest absolute Gasteiger partial charge is 0.356 e. The van der Waals surface area contributed by atoms with Crippen molar-refractivity contribution in [1.29, 1.82) is 0 Å². The Balaban J connectivity index is 3.72. The summed E-state index contributed by atoms with van der Waals surface area (Å²) >= 11 is 0. The SMILES string of the molecule is C=CCNC(=O)CCC(=O)NCC(CC)CCCC. The third-order valence-electron chi connectivity index (χ3n) is 3.15. The second-order valence-corrected chi connectivity index (χ2v) is 4.81. The topological polar surface area (TPSA) is 58.2 Å². The summed E-state index contributed by atoms with van der Waals surface area (Å²) in [7, 11) is 0. The minimum Gasteiger partial charge on any atom is -0.356 e. The molecule has 0 rings (SSSR count). The fourth-order valence-corrected chi connectivity index (χ4v) is 1.79. The minimum absolute atomic E-state index is 0.0382. The van der Waals surface area contributed by atoms with Crippen molar-refractivity contribution >= 4 is 11.8 Å². The number of hydrogen-bond donors (Lipinski definition) is 2. The Morgan fingerprint density at radius 2 is 1.79 bits per heavy atom. The number of nitrogens with one attached hydrogen (secondary N) is 2. The first-order valence-electron chi connectivity index (χ1n) is 7.28. The molecule has 1 unspecified atom stereocenters. The van der Waals surface area contributed by atoms with E-state index in [0.717, 1.165) is 19.4 Å². The molecule has 2 N–H and O–H groups in total. The molecule has 0 aromatic rings. The lowest BCUT2D eigenvalue weighted by atomic mass is 9.99. The van der Waals surface area contributed by atoms with Gasteiger partial charge in [-0.2, -0.15) is 0 Å². The molecule has 0 aromatic heterocycles. The lowest BCUT2D eigenvalue weighted by Gasteiger charge is -2.15. The lowest BCUT2D eigenvalue weighted by Crippen LogP contribution is -2.31. The van der Waals surface area contributed by atoms with E-state index in [9.17, 15) is 9.59 Å². The van der Waals surface area contributed by atoms with E-state index in [1.165, 1.54) is 12.8 Å². The van der Waals surface area contributed by atoms with Crippen molar-refractivity contribution in [2.45, 2.75) is 52.4 Å². The van der Waals surface area contributed by atoms with Crippen LogP contribution in [0.15, 0.2) is 12.7 Å². The highest BCUT2D eigenvalue weighted by Gasteiger charge is 2.09. The van der Waals surface area contributed by atoms with Crippen molar-refractivity contribution in [3.63, 3.8) is 0 Å². The van der Waals surface area contributed by atoms with Crippen LogP contribution < -0.4 is 10.6 Å². The average Bonchev–Trinajstić information content (AvgIpc) is 2.43. The highest BCUT2D eigenvalue weighted by molar-refractivity contribution is 5.83. The molecule has 0 saturated heterocycles. The summed E-state index contributed by atoms with van der Waals surface area (Å²) in [6, 6.07) is 0. The van der Waals surface area contributed by atoms with Gasteiger partial charge >= 0.3 is 0 Å². The van der Waals surface area contributed by atoms with Gasteiger partial charge in [0.25, 0.3) is 0 Å². The number of unbranched alkanes of at least 4 members (excludes halogenated alkanes) is 1. The monoisotopic (exact) mass is 268 g/mol. The van der Waals surface area contributed by atoms with Crippen LogP contribution in [-0.2, 0) is 9.59 Å². The number of rotatable bonds is 11. The first kappa shape index (κ1) is 17.7. The summed E-state index contributed by atoms with van der Waals surface area (Å²) in [5, 5.41) is 5.57. The van der Waals surface area contributed by atoms with Crippen LogP contribution in [0.5, 0.6) is 0 Å². The Hall–Kier alpha value is -1.32. The zero-order chi connectivity index (χ0) is 14.5. The molecule has 0 saturated carbocycles. The van der Waals surface area contributed by atoms with Gasteiger partial charge in [-0.15, -0.1) is 6.58 Å². The van der Waals surface area contributed by atoms with E-state index in [1.807, 2.05) is 0 Å². The van der Waals surface area contributed by atoms with E-state index in [1.54, 1.807) is 6.08 Å². The molecule has 19 heavy (non-hydrogen) atoms. The molecule has 0 spiro atoms. The van der Waals surface area contributed by atoms with Crippen molar-refractivity contribution in [2.24, 2.45) is 5.92 Å². The van der Waals surface area contributed by atoms with Gasteiger partial charge in [0, 0.05) is 25.9 Å². The van der Waals surface area contributed by atoms with Crippen molar-refractivity contribution in [1.82, 2.24) is 10.6 Å². The molecular formula is C15H28N2O2. The quantitative estimate of drug-likeness (QED) is 0.565. The minimum atomic E-state index is -0.104. The number of amides is 2. The molecule has 2 amide bonds. The van der Waals surface area contributed by atoms with Crippen LogP contribution in [0.3, 0.4) is 0 Å². The standard InChI is InChI=1S/C15H28N2O2/c1-4-7-8-13(6-3)12-17-15(19)10-9-14(18)16-11-5-2/h5,13H,2,4,6-12H2,1,3H3,(H,16,18)(H,17,19). The Morgan fingerprint density at radius 1 is 1.16 bits per heavy atom. The zero-order valence-electron chi connectivity index (χ0n) is 12.3. The van der Waals surface area contributed by atoms with E-state index < -0.39 is 0 Å². The van der Waals surface area contributed by atoms with Gasteiger partial charge in [0.05, 0.1) is 0 Å². The Morgan fingerprint density at radius 3 is 2.32 bits per heavy atom. The van der Waals surface area contributed by atoms with E-state index in [-0.39, 0.29) is 24.7 Å². The molecule has 0 aliphatic carbocycles. The van der Waals surface area contributed by atoms with Gasteiger partial charge in [0.2, 0.25) is 11.8 Å². The summed E-state index contributed by atoms with van der Waals surface area (Å²) in [6.45, 7) is 9.02. The maximum Gasteiger partial charge on any atom is 0.220 e. The first-order chi connectivity index (χ1) is 9.13. The number of hydrogen-bond acceptors (Lipinski definition) is 2. The zero-order valence-corrected chi connectivity index (χ0v) is 12.3. The predicted octanol–water partition coefficient (Wildman–Crippen LogP) is 2.40. The molecule has 4 heteroatoms. The molecule has 0 fully saturated rings. The third kappa shape index (κ3) is 10.3. The van der Waals surface area contributed by atoms with Crippen molar-refractivity contribution in [3.05, 3.63) is 12.7 Å². The van der Waals surface area contributed by atoms with Crippen LogP contribution in [0.4, 0.5) is 0 Å². The summed E-state index contributed by atoms with van der Waals surface area (Å²) in [5.41, 5.74) is 0. The molecule has 0 aromatic carbocycles. The summed E-state index contributed by atoms with van der Waals surface area (Å²) in [4.78, 5) is 22.9. The molecular weight excluding hydrogens is 240 g/mol. The van der Waals surface area contributed by atoms with Crippen LogP contribution in [0.1, 0.15) is 52.4 Å². The maximum atomic E-state index is 11.6. The normalized spacial score (nSPS) is 11.7. The molecule has 110 valence electrons.